The van der Waals surface area contributed by atoms with Crippen molar-refractivity contribution in [2.24, 2.45) is 17.3 Å². The molecule has 0 fully saturated rings. The molecule has 1 heterocycles. The molecule has 0 radical (unpaired) electrons. The minimum atomic E-state index is -0.398. The highest BCUT2D eigenvalue weighted by atomic mass is 32.1. The maximum atomic E-state index is 10.7. The molecule has 1 aromatic heterocycles. The Hall–Kier alpha value is -2.02. The number of nitro benzene ring substituents is 1. The second kappa shape index (κ2) is 4.69. The third-order valence-electron chi connectivity index (χ3n) is 2.34. The van der Waals surface area contributed by atoms with Gasteiger partial charge in [0, 0.05) is 24.9 Å². The normalized spacial score (nSPS) is 11.8. The van der Waals surface area contributed by atoms with Crippen LogP contribution in [0.15, 0.2) is 28.4 Å². The van der Waals surface area contributed by atoms with Crippen molar-refractivity contribution in [3.8, 4) is 0 Å². The summed E-state index contributed by atoms with van der Waals surface area (Å²) >= 11 is 1.38. The highest BCUT2D eigenvalue weighted by Gasteiger charge is 2.09. The lowest BCUT2D eigenvalue weighted by Crippen LogP contribution is -2.09. The van der Waals surface area contributed by atoms with E-state index < -0.39 is 4.92 Å². The summed E-state index contributed by atoms with van der Waals surface area (Å²) in [7, 11) is 1.87. The summed E-state index contributed by atoms with van der Waals surface area (Å²) in [5, 5.41) is 18.8. The van der Waals surface area contributed by atoms with Crippen LogP contribution in [0.1, 0.15) is 13.8 Å². The first-order chi connectivity index (χ1) is 8.49. The van der Waals surface area contributed by atoms with Crippen LogP contribution in [-0.2, 0) is 7.05 Å². The Labute approximate surface area is 107 Å². The Morgan fingerprint density at radius 1 is 1.44 bits per heavy atom. The molecule has 0 aliphatic rings. The quantitative estimate of drug-likeness (QED) is 0.474. The van der Waals surface area contributed by atoms with Crippen LogP contribution in [0.5, 0.6) is 0 Å². The molecule has 6 nitrogen and oxygen atoms in total. The van der Waals surface area contributed by atoms with Crippen LogP contribution in [-0.4, -0.2) is 15.2 Å². The molecule has 94 valence electrons. The molecule has 7 heteroatoms. The van der Waals surface area contributed by atoms with Gasteiger partial charge in [-0.25, -0.2) is 0 Å². The molecule has 0 aliphatic carbocycles. The number of hydrogen-bond donors (Lipinski definition) is 0. The number of nitrogens with zero attached hydrogens (tertiary/aromatic N) is 4. The van der Waals surface area contributed by atoms with Crippen molar-refractivity contribution < 1.29 is 4.92 Å². The molecule has 0 atom stereocenters. The van der Waals surface area contributed by atoms with Crippen molar-refractivity contribution in [1.29, 1.82) is 0 Å². The van der Waals surface area contributed by atoms with E-state index >= 15 is 0 Å². The van der Waals surface area contributed by atoms with Crippen molar-refractivity contribution in [2.75, 3.05) is 0 Å². The van der Waals surface area contributed by atoms with E-state index in [1.165, 1.54) is 17.4 Å². The fourth-order valence-electron chi connectivity index (χ4n) is 1.48. The first kappa shape index (κ1) is 12.4. The molecule has 0 bridgehead atoms. The van der Waals surface area contributed by atoms with Gasteiger partial charge in [-0.3, -0.25) is 10.1 Å². The Kier molecular flexibility index (Phi) is 3.24. The van der Waals surface area contributed by atoms with Gasteiger partial charge in [-0.15, -0.1) is 5.10 Å². The smallest absolute Gasteiger partial charge is 0.270 e. The minimum Gasteiger partial charge on any atom is -0.318 e. The van der Waals surface area contributed by atoms with Gasteiger partial charge in [0.2, 0.25) is 4.80 Å². The van der Waals surface area contributed by atoms with Crippen molar-refractivity contribution in [3.63, 3.8) is 0 Å². The van der Waals surface area contributed by atoms with Gasteiger partial charge < -0.3 is 4.57 Å². The summed E-state index contributed by atoms with van der Waals surface area (Å²) in [6.07, 6.45) is 0. The molecule has 2 aromatic rings. The fraction of sp³-hybridized carbons (Fsp3) is 0.273. The van der Waals surface area contributed by atoms with Crippen molar-refractivity contribution in [1.82, 2.24) is 4.57 Å². The lowest BCUT2D eigenvalue weighted by Gasteiger charge is -1.94. The summed E-state index contributed by atoms with van der Waals surface area (Å²) in [4.78, 5) is 11.0. The van der Waals surface area contributed by atoms with Crippen molar-refractivity contribution in [3.05, 3.63) is 33.1 Å². The van der Waals surface area contributed by atoms with Gasteiger partial charge in [-0.2, -0.15) is 5.10 Å². The summed E-state index contributed by atoms with van der Waals surface area (Å²) < 4.78 is 2.70. The molecule has 2 rings (SSSR count). The average Bonchev–Trinajstić information content (AvgIpc) is 2.63. The number of fused-ring (bicyclic) bond motifs is 1. The molecule has 0 saturated heterocycles. The number of nitro groups is 1. The van der Waals surface area contributed by atoms with Gasteiger partial charge in [0.25, 0.3) is 5.69 Å². The topological polar surface area (TPSA) is 72.8 Å². The predicted octanol–water partition coefficient (Wildman–Crippen LogP) is 2.44. The lowest BCUT2D eigenvalue weighted by molar-refractivity contribution is -0.384. The highest BCUT2D eigenvalue weighted by Crippen LogP contribution is 2.22. The van der Waals surface area contributed by atoms with Crippen LogP contribution in [0.25, 0.3) is 10.2 Å². The molecule has 18 heavy (non-hydrogen) atoms. The van der Waals surface area contributed by atoms with Crippen LogP contribution < -0.4 is 4.80 Å². The van der Waals surface area contributed by atoms with Gasteiger partial charge in [0.15, 0.2) is 0 Å². The van der Waals surface area contributed by atoms with Crippen molar-refractivity contribution in [2.45, 2.75) is 13.8 Å². The third-order valence-corrected chi connectivity index (χ3v) is 3.42. The highest BCUT2D eigenvalue weighted by molar-refractivity contribution is 7.16. The van der Waals surface area contributed by atoms with E-state index in [-0.39, 0.29) is 5.69 Å². The number of rotatable bonds is 2. The lowest BCUT2D eigenvalue weighted by atomic mass is 10.3. The number of thiazole rings is 1. The van der Waals surface area contributed by atoms with Gasteiger partial charge in [-0.05, 0) is 19.9 Å². The van der Waals surface area contributed by atoms with Gasteiger partial charge in [0.1, 0.15) is 0 Å². The number of benzene rings is 1. The standard InChI is InChI=1S/C11H12N4O2S/c1-7(2)12-13-11-14(3)9-5-4-8(15(16)17)6-10(9)18-11/h4-6H,1-3H3/b13-11+. The van der Waals surface area contributed by atoms with Gasteiger partial charge >= 0.3 is 0 Å². The number of aromatic nitrogens is 1. The molecule has 0 spiro atoms. The largest absolute Gasteiger partial charge is 0.318 e. The van der Waals surface area contributed by atoms with E-state index in [1.807, 2.05) is 25.5 Å². The Balaban J connectivity index is 2.66. The molecule has 0 N–H and O–H groups in total. The molecule has 0 aliphatic heterocycles. The van der Waals surface area contributed by atoms with Crippen LogP contribution in [0.2, 0.25) is 0 Å². The van der Waals surface area contributed by atoms with Gasteiger partial charge in [0.05, 0.1) is 15.1 Å². The zero-order valence-corrected chi connectivity index (χ0v) is 11.1. The Bertz CT molecular complexity index is 707. The second-order valence-corrected chi connectivity index (χ2v) is 5.01. The van der Waals surface area contributed by atoms with Gasteiger partial charge in [-0.1, -0.05) is 11.3 Å². The van der Waals surface area contributed by atoms with Crippen molar-refractivity contribution >= 4 is 33.0 Å². The average molecular weight is 264 g/mol. The van der Waals surface area contributed by atoms with E-state index in [0.29, 0.717) is 4.80 Å². The Morgan fingerprint density at radius 2 is 2.17 bits per heavy atom. The first-order valence-electron chi connectivity index (χ1n) is 5.28. The molecule has 0 unspecified atom stereocenters. The van der Waals surface area contributed by atoms with Crippen LogP contribution in [0.4, 0.5) is 5.69 Å². The summed E-state index contributed by atoms with van der Waals surface area (Å²) in [5.74, 6) is 0. The van der Waals surface area contributed by atoms with E-state index in [0.717, 1.165) is 15.9 Å². The molecular formula is C11H12N4O2S. The first-order valence-corrected chi connectivity index (χ1v) is 6.09. The zero-order chi connectivity index (χ0) is 13.3. The number of aryl methyl sites for hydroxylation is 1. The molecule has 0 saturated carbocycles. The fourth-order valence-corrected chi connectivity index (χ4v) is 2.48. The molecule has 1 aromatic carbocycles. The van der Waals surface area contributed by atoms with E-state index in [2.05, 4.69) is 10.2 Å². The second-order valence-electron chi connectivity index (χ2n) is 4.00. The summed E-state index contributed by atoms with van der Waals surface area (Å²) in [6.45, 7) is 3.73. The number of non-ortho nitro benzene ring substituents is 1. The van der Waals surface area contributed by atoms with E-state index in [4.69, 9.17) is 0 Å². The number of hydrogen-bond acceptors (Lipinski definition) is 5. The van der Waals surface area contributed by atoms with Crippen LogP contribution >= 0.6 is 11.3 Å². The monoisotopic (exact) mass is 264 g/mol. The molecular weight excluding hydrogens is 252 g/mol. The van der Waals surface area contributed by atoms with E-state index in [1.54, 1.807) is 12.1 Å². The minimum absolute atomic E-state index is 0.0890. The maximum Gasteiger partial charge on any atom is 0.270 e. The Morgan fingerprint density at radius 3 is 2.78 bits per heavy atom. The summed E-state index contributed by atoms with van der Waals surface area (Å²) in [6, 6.07) is 4.78. The van der Waals surface area contributed by atoms with E-state index in [9.17, 15) is 10.1 Å². The third kappa shape index (κ3) is 2.30. The molecule has 0 amide bonds. The summed E-state index contributed by atoms with van der Waals surface area (Å²) in [5.41, 5.74) is 1.86. The van der Waals surface area contributed by atoms with Crippen LogP contribution in [0, 0.1) is 10.1 Å². The van der Waals surface area contributed by atoms with Crippen LogP contribution in [0.3, 0.4) is 0 Å². The maximum absolute atomic E-state index is 10.7. The SMILES string of the molecule is CC(C)=N/N=c1/sc2cc([N+](=O)[O-])ccc2n1C. The predicted molar refractivity (Wildman–Crippen MR) is 71.8 cm³/mol. The zero-order valence-electron chi connectivity index (χ0n) is 10.2.